The largest absolute Gasteiger partial charge is 0.491 e. The van der Waals surface area contributed by atoms with Crippen molar-refractivity contribution in [3.8, 4) is 5.75 Å². The van der Waals surface area contributed by atoms with E-state index < -0.39 is 22.8 Å². The van der Waals surface area contributed by atoms with Gasteiger partial charge in [0.05, 0.1) is 10.5 Å². The van der Waals surface area contributed by atoms with E-state index in [-0.39, 0.29) is 24.6 Å². The third-order valence-electron chi connectivity index (χ3n) is 3.44. The molecule has 0 unspecified atom stereocenters. The molecular formula is C16H16F3N3O4. The van der Waals surface area contributed by atoms with Gasteiger partial charge in [0.1, 0.15) is 30.5 Å². The molecule has 0 aliphatic carbocycles. The molecule has 26 heavy (non-hydrogen) atoms. The van der Waals surface area contributed by atoms with Crippen LogP contribution in [0.3, 0.4) is 0 Å². The van der Waals surface area contributed by atoms with Crippen molar-refractivity contribution in [2.75, 3.05) is 25.1 Å². The third-order valence-corrected chi connectivity index (χ3v) is 3.44. The van der Waals surface area contributed by atoms with Gasteiger partial charge >= 0.3 is 6.18 Å². The third kappa shape index (κ3) is 5.31. The standard InChI is InChI=1S/C16H16F3N3O4/c1-21(15-7-4-12(8-20-15)22(24)25)9-13(23)10-26-14-5-2-11(3-6-14)16(17,18)19/h2-8,13,23H,9-10H2,1H3/t13-/m0/s1. The summed E-state index contributed by atoms with van der Waals surface area (Å²) in [5.41, 5.74) is -0.928. The Kier molecular flexibility index (Phi) is 5.98. The van der Waals surface area contributed by atoms with Gasteiger partial charge in [-0.2, -0.15) is 13.2 Å². The molecule has 0 aliphatic rings. The number of hydrogen-bond donors (Lipinski definition) is 1. The molecule has 1 atom stereocenters. The first kappa shape index (κ1) is 19.4. The molecule has 1 aromatic heterocycles. The minimum Gasteiger partial charge on any atom is -0.491 e. The molecule has 0 bridgehead atoms. The zero-order chi connectivity index (χ0) is 19.3. The minimum atomic E-state index is -4.42. The van der Waals surface area contributed by atoms with Crippen molar-refractivity contribution in [2.24, 2.45) is 0 Å². The number of rotatable bonds is 7. The summed E-state index contributed by atoms with van der Waals surface area (Å²) in [6, 6.07) is 6.89. The lowest BCUT2D eigenvalue weighted by Gasteiger charge is -2.21. The summed E-state index contributed by atoms with van der Waals surface area (Å²) in [6.07, 6.45) is -4.26. The fourth-order valence-electron chi connectivity index (χ4n) is 2.11. The number of ether oxygens (including phenoxy) is 1. The van der Waals surface area contributed by atoms with Crippen LogP contribution in [0.15, 0.2) is 42.6 Å². The van der Waals surface area contributed by atoms with Crippen molar-refractivity contribution in [3.05, 3.63) is 58.3 Å². The SMILES string of the molecule is CN(C[C@H](O)COc1ccc(C(F)(F)F)cc1)c1ccc([N+](=O)[O-])cn1. The van der Waals surface area contributed by atoms with Crippen LogP contribution < -0.4 is 9.64 Å². The Morgan fingerprint density at radius 1 is 1.27 bits per heavy atom. The zero-order valence-corrected chi connectivity index (χ0v) is 13.7. The molecule has 10 heteroatoms. The highest BCUT2D eigenvalue weighted by atomic mass is 19.4. The molecule has 1 heterocycles. The fourth-order valence-corrected chi connectivity index (χ4v) is 2.11. The number of likely N-dealkylation sites (N-methyl/N-ethyl adjacent to an activating group) is 1. The Balaban J connectivity index is 1.86. The van der Waals surface area contributed by atoms with Crippen LogP contribution in [0.5, 0.6) is 5.75 Å². The molecule has 0 spiro atoms. The molecule has 2 aromatic rings. The number of aliphatic hydroxyl groups excluding tert-OH is 1. The normalized spacial score (nSPS) is 12.5. The van der Waals surface area contributed by atoms with Crippen LogP contribution in [0.25, 0.3) is 0 Å². The van der Waals surface area contributed by atoms with Gasteiger partial charge in [0, 0.05) is 19.7 Å². The number of halogens is 3. The Labute approximate surface area is 146 Å². The topological polar surface area (TPSA) is 88.7 Å². The fraction of sp³-hybridized carbons (Fsp3) is 0.312. The predicted octanol–water partition coefficient (Wildman–Crippen LogP) is 2.88. The molecule has 1 N–H and O–H groups in total. The van der Waals surface area contributed by atoms with Crippen molar-refractivity contribution < 1.29 is 27.9 Å². The van der Waals surface area contributed by atoms with E-state index >= 15 is 0 Å². The van der Waals surface area contributed by atoms with E-state index in [1.165, 1.54) is 24.3 Å². The number of nitro groups is 1. The van der Waals surface area contributed by atoms with Gasteiger partial charge in [-0.3, -0.25) is 10.1 Å². The van der Waals surface area contributed by atoms with E-state index in [2.05, 4.69) is 4.98 Å². The second-order valence-electron chi connectivity index (χ2n) is 5.50. The van der Waals surface area contributed by atoms with Crippen molar-refractivity contribution in [2.45, 2.75) is 12.3 Å². The Bertz CT molecular complexity index is 736. The molecule has 0 amide bonds. The molecule has 0 aliphatic heterocycles. The van der Waals surface area contributed by atoms with E-state index in [1.807, 2.05) is 0 Å². The van der Waals surface area contributed by atoms with Crippen molar-refractivity contribution in [3.63, 3.8) is 0 Å². The molecule has 2 rings (SSSR count). The minimum absolute atomic E-state index is 0.117. The highest BCUT2D eigenvalue weighted by Crippen LogP contribution is 2.30. The van der Waals surface area contributed by atoms with Gasteiger partial charge < -0.3 is 14.7 Å². The number of aliphatic hydroxyl groups is 1. The molecule has 0 radical (unpaired) electrons. The van der Waals surface area contributed by atoms with Crippen LogP contribution in [0.2, 0.25) is 0 Å². The lowest BCUT2D eigenvalue weighted by atomic mass is 10.2. The lowest BCUT2D eigenvalue weighted by Crippen LogP contribution is -2.33. The number of hydrogen-bond acceptors (Lipinski definition) is 6. The summed E-state index contributed by atoms with van der Waals surface area (Å²) >= 11 is 0. The molecule has 0 saturated carbocycles. The smallest absolute Gasteiger partial charge is 0.416 e. The van der Waals surface area contributed by atoms with Crippen molar-refractivity contribution in [1.82, 2.24) is 4.98 Å². The van der Waals surface area contributed by atoms with E-state index in [4.69, 9.17) is 4.74 Å². The van der Waals surface area contributed by atoms with Crippen LogP contribution in [-0.4, -0.2) is 41.3 Å². The van der Waals surface area contributed by atoms with Gasteiger partial charge in [-0.15, -0.1) is 0 Å². The summed E-state index contributed by atoms with van der Waals surface area (Å²) in [4.78, 5) is 15.5. The van der Waals surface area contributed by atoms with Crippen molar-refractivity contribution >= 4 is 11.5 Å². The van der Waals surface area contributed by atoms with E-state index in [0.717, 1.165) is 18.3 Å². The van der Waals surface area contributed by atoms with E-state index in [1.54, 1.807) is 11.9 Å². The summed E-state index contributed by atoms with van der Waals surface area (Å²) in [6.45, 7) is -0.0197. The molecule has 1 aromatic carbocycles. The second kappa shape index (κ2) is 8.00. The molecule has 7 nitrogen and oxygen atoms in total. The number of nitrogens with zero attached hydrogens (tertiary/aromatic N) is 3. The average molecular weight is 371 g/mol. The summed E-state index contributed by atoms with van der Waals surface area (Å²) in [5.74, 6) is 0.623. The average Bonchev–Trinajstić information content (AvgIpc) is 2.59. The molecular weight excluding hydrogens is 355 g/mol. The van der Waals surface area contributed by atoms with Crippen LogP contribution in [0.1, 0.15) is 5.56 Å². The number of anilines is 1. The molecule has 140 valence electrons. The van der Waals surface area contributed by atoms with Crippen molar-refractivity contribution in [1.29, 1.82) is 0 Å². The van der Waals surface area contributed by atoms with Gasteiger partial charge in [0.2, 0.25) is 0 Å². The number of alkyl halides is 3. The number of benzene rings is 1. The van der Waals surface area contributed by atoms with Crippen LogP contribution in [0.4, 0.5) is 24.7 Å². The van der Waals surface area contributed by atoms with E-state index in [9.17, 15) is 28.4 Å². The summed E-state index contributed by atoms with van der Waals surface area (Å²) < 4.78 is 42.7. The first-order valence-electron chi connectivity index (χ1n) is 7.46. The lowest BCUT2D eigenvalue weighted by molar-refractivity contribution is -0.385. The monoisotopic (exact) mass is 371 g/mol. The summed E-state index contributed by atoms with van der Waals surface area (Å²) in [5, 5.41) is 20.6. The Morgan fingerprint density at radius 3 is 2.42 bits per heavy atom. The maximum atomic E-state index is 12.5. The van der Waals surface area contributed by atoms with E-state index in [0.29, 0.717) is 5.82 Å². The highest BCUT2D eigenvalue weighted by molar-refractivity contribution is 5.42. The van der Waals surface area contributed by atoms with Crippen LogP contribution >= 0.6 is 0 Å². The van der Waals surface area contributed by atoms with Gasteiger partial charge in [0.15, 0.2) is 0 Å². The molecule has 0 fully saturated rings. The number of aromatic nitrogens is 1. The van der Waals surface area contributed by atoms with Gasteiger partial charge in [0.25, 0.3) is 5.69 Å². The summed E-state index contributed by atoms with van der Waals surface area (Å²) in [7, 11) is 1.63. The Hall–Kier alpha value is -2.88. The first-order chi connectivity index (χ1) is 12.2. The van der Waals surface area contributed by atoms with Gasteiger partial charge in [-0.1, -0.05) is 0 Å². The predicted molar refractivity (Wildman–Crippen MR) is 87.1 cm³/mol. The first-order valence-corrected chi connectivity index (χ1v) is 7.46. The number of pyridine rings is 1. The van der Waals surface area contributed by atoms with Gasteiger partial charge in [-0.05, 0) is 30.3 Å². The van der Waals surface area contributed by atoms with Crippen LogP contribution in [0, 0.1) is 10.1 Å². The maximum absolute atomic E-state index is 12.5. The highest BCUT2D eigenvalue weighted by Gasteiger charge is 2.30. The maximum Gasteiger partial charge on any atom is 0.416 e. The Morgan fingerprint density at radius 2 is 1.92 bits per heavy atom. The quantitative estimate of drug-likeness (QED) is 0.595. The second-order valence-corrected chi connectivity index (χ2v) is 5.50. The molecule has 0 saturated heterocycles. The van der Waals surface area contributed by atoms with Crippen LogP contribution in [-0.2, 0) is 6.18 Å². The zero-order valence-electron chi connectivity index (χ0n) is 13.7. The van der Waals surface area contributed by atoms with Gasteiger partial charge in [-0.25, -0.2) is 4.98 Å².